The molecule has 0 aliphatic heterocycles. The van der Waals surface area contributed by atoms with Crippen molar-refractivity contribution < 1.29 is 14.3 Å². The van der Waals surface area contributed by atoms with Crippen molar-refractivity contribution in [2.75, 3.05) is 10.6 Å². The van der Waals surface area contributed by atoms with Gasteiger partial charge in [-0.15, -0.1) is 0 Å². The number of para-hydroxylation sites is 1. The Bertz CT molecular complexity index is 691. The highest BCUT2D eigenvalue weighted by atomic mass is 16.6. The monoisotopic (exact) mass is 312 g/mol. The normalized spacial score (nSPS) is 10.7. The predicted octanol–water partition coefficient (Wildman–Crippen LogP) is 4.29. The van der Waals surface area contributed by atoms with Gasteiger partial charge in [0.05, 0.1) is 0 Å². The van der Waals surface area contributed by atoms with Crippen LogP contribution in [0.15, 0.2) is 54.6 Å². The molecule has 0 unspecified atom stereocenters. The summed E-state index contributed by atoms with van der Waals surface area (Å²) in [4.78, 5) is 24.0. The summed E-state index contributed by atoms with van der Waals surface area (Å²) in [6.07, 6.45) is -0.557. The summed E-state index contributed by atoms with van der Waals surface area (Å²) in [6.45, 7) is 5.36. The molecule has 2 aromatic carbocycles. The first-order valence-corrected chi connectivity index (χ1v) is 7.30. The average Bonchev–Trinajstić information content (AvgIpc) is 2.46. The number of hydrogen-bond acceptors (Lipinski definition) is 3. The molecule has 0 saturated carbocycles. The summed E-state index contributed by atoms with van der Waals surface area (Å²) < 4.78 is 5.19. The number of carbonyl (C=O) groups excluding carboxylic acids is 2. The van der Waals surface area contributed by atoms with E-state index in [0.29, 0.717) is 16.9 Å². The molecule has 5 heteroatoms. The Kier molecular flexibility index (Phi) is 5.01. The fourth-order valence-corrected chi connectivity index (χ4v) is 1.88. The molecule has 0 aliphatic rings. The second-order valence-corrected chi connectivity index (χ2v) is 6.03. The summed E-state index contributed by atoms with van der Waals surface area (Å²) in [5, 5.41) is 5.41. The molecule has 2 aromatic rings. The van der Waals surface area contributed by atoms with E-state index in [-0.39, 0.29) is 5.91 Å². The van der Waals surface area contributed by atoms with Gasteiger partial charge >= 0.3 is 6.09 Å². The lowest BCUT2D eigenvalue weighted by Gasteiger charge is -2.19. The van der Waals surface area contributed by atoms with Crippen molar-refractivity contribution in [1.82, 2.24) is 0 Å². The van der Waals surface area contributed by atoms with Crippen LogP contribution in [0.2, 0.25) is 0 Å². The van der Waals surface area contributed by atoms with Crippen LogP contribution in [0, 0.1) is 0 Å². The van der Waals surface area contributed by atoms with Crippen LogP contribution < -0.4 is 10.6 Å². The molecule has 0 saturated heterocycles. The minimum Gasteiger partial charge on any atom is -0.444 e. The second kappa shape index (κ2) is 6.96. The molecule has 0 heterocycles. The Labute approximate surface area is 135 Å². The van der Waals surface area contributed by atoms with Gasteiger partial charge in [0.2, 0.25) is 0 Å². The molecule has 120 valence electrons. The summed E-state index contributed by atoms with van der Waals surface area (Å²) in [5.41, 5.74) is 1.08. The zero-order valence-corrected chi connectivity index (χ0v) is 13.4. The molecular weight excluding hydrogens is 292 g/mol. The first-order chi connectivity index (χ1) is 10.8. The maximum Gasteiger partial charge on any atom is 0.412 e. The van der Waals surface area contributed by atoms with E-state index < -0.39 is 11.7 Å². The van der Waals surface area contributed by atoms with E-state index in [2.05, 4.69) is 10.6 Å². The summed E-state index contributed by atoms with van der Waals surface area (Å²) in [7, 11) is 0. The molecule has 2 rings (SSSR count). The SMILES string of the molecule is CC(C)(C)OC(=O)Nc1cccc(C(=O)Nc2ccccc2)c1. The average molecular weight is 312 g/mol. The van der Waals surface area contributed by atoms with Crippen molar-refractivity contribution in [2.45, 2.75) is 26.4 Å². The Balaban J connectivity index is 2.04. The molecule has 2 amide bonds. The Hall–Kier alpha value is -2.82. The molecule has 0 spiro atoms. The van der Waals surface area contributed by atoms with Gasteiger partial charge in [0.15, 0.2) is 0 Å². The zero-order valence-electron chi connectivity index (χ0n) is 13.4. The van der Waals surface area contributed by atoms with E-state index in [1.54, 1.807) is 57.2 Å². The largest absolute Gasteiger partial charge is 0.444 e. The number of anilines is 2. The predicted molar refractivity (Wildman–Crippen MR) is 90.7 cm³/mol. The molecular formula is C18H20N2O3. The third-order valence-corrected chi connectivity index (χ3v) is 2.80. The van der Waals surface area contributed by atoms with Crippen molar-refractivity contribution in [1.29, 1.82) is 0 Å². The van der Waals surface area contributed by atoms with Gasteiger partial charge in [-0.1, -0.05) is 24.3 Å². The first kappa shape index (κ1) is 16.5. The fraction of sp³-hybridized carbons (Fsp3) is 0.222. The lowest BCUT2D eigenvalue weighted by molar-refractivity contribution is 0.0635. The van der Waals surface area contributed by atoms with Crippen molar-refractivity contribution in [3.05, 3.63) is 60.2 Å². The smallest absolute Gasteiger partial charge is 0.412 e. The molecule has 23 heavy (non-hydrogen) atoms. The van der Waals surface area contributed by atoms with Crippen molar-refractivity contribution in [3.8, 4) is 0 Å². The van der Waals surface area contributed by atoms with E-state index in [1.807, 2.05) is 18.2 Å². The van der Waals surface area contributed by atoms with Gasteiger partial charge in [-0.2, -0.15) is 0 Å². The third kappa shape index (κ3) is 5.47. The maximum atomic E-state index is 12.2. The van der Waals surface area contributed by atoms with Gasteiger partial charge in [0.1, 0.15) is 5.60 Å². The van der Waals surface area contributed by atoms with Crippen LogP contribution in [0.25, 0.3) is 0 Å². The fourth-order valence-electron chi connectivity index (χ4n) is 1.88. The van der Waals surface area contributed by atoms with Crippen LogP contribution in [0.1, 0.15) is 31.1 Å². The number of hydrogen-bond donors (Lipinski definition) is 2. The van der Waals surface area contributed by atoms with E-state index >= 15 is 0 Å². The quantitative estimate of drug-likeness (QED) is 0.888. The number of benzene rings is 2. The van der Waals surface area contributed by atoms with E-state index in [0.717, 1.165) is 0 Å². The van der Waals surface area contributed by atoms with Crippen molar-refractivity contribution in [3.63, 3.8) is 0 Å². The van der Waals surface area contributed by atoms with Gasteiger partial charge < -0.3 is 10.1 Å². The van der Waals surface area contributed by atoms with Crippen molar-refractivity contribution in [2.24, 2.45) is 0 Å². The van der Waals surface area contributed by atoms with Crippen LogP contribution in [-0.2, 0) is 4.74 Å². The summed E-state index contributed by atoms with van der Waals surface area (Å²) in [5.74, 6) is -0.246. The molecule has 0 atom stereocenters. The highest BCUT2D eigenvalue weighted by Crippen LogP contribution is 2.15. The van der Waals surface area contributed by atoms with E-state index in [1.165, 1.54) is 0 Å². The van der Waals surface area contributed by atoms with Crippen LogP contribution in [0.5, 0.6) is 0 Å². The third-order valence-electron chi connectivity index (χ3n) is 2.80. The summed E-state index contributed by atoms with van der Waals surface area (Å²) in [6, 6.07) is 15.9. The molecule has 0 radical (unpaired) electrons. The van der Waals surface area contributed by atoms with Crippen LogP contribution in [-0.4, -0.2) is 17.6 Å². The Morgan fingerprint density at radius 1 is 0.870 bits per heavy atom. The van der Waals surface area contributed by atoms with Crippen LogP contribution >= 0.6 is 0 Å². The summed E-state index contributed by atoms with van der Waals surface area (Å²) >= 11 is 0. The topological polar surface area (TPSA) is 67.4 Å². The Morgan fingerprint density at radius 3 is 2.17 bits per heavy atom. The molecule has 0 fully saturated rings. The lowest BCUT2D eigenvalue weighted by Crippen LogP contribution is -2.27. The highest BCUT2D eigenvalue weighted by molar-refractivity contribution is 6.05. The maximum absolute atomic E-state index is 12.2. The number of rotatable bonds is 3. The first-order valence-electron chi connectivity index (χ1n) is 7.30. The van der Waals surface area contributed by atoms with Crippen LogP contribution in [0.4, 0.5) is 16.2 Å². The molecule has 0 aliphatic carbocycles. The van der Waals surface area contributed by atoms with Crippen molar-refractivity contribution >= 4 is 23.4 Å². The van der Waals surface area contributed by atoms with Gasteiger partial charge in [0, 0.05) is 16.9 Å². The van der Waals surface area contributed by atoms with E-state index in [4.69, 9.17) is 4.74 Å². The minimum atomic E-state index is -0.577. The zero-order chi connectivity index (χ0) is 16.9. The van der Waals surface area contributed by atoms with Gasteiger partial charge in [-0.05, 0) is 51.1 Å². The molecule has 0 aromatic heterocycles. The minimum absolute atomic E-state index is 0.246. The number of ether oxygens (including phenoxy) is 1. The number of carbonyl (C=O) groups is 2. The van der Waals surface area contributed by atoms with Gasteiger partial charge in [-0.3, -0.25) is 10.1 Å². The number of amides is 2. The molecule has 2 N–H and O–H groups in total. The molecule has 0 bridgehead atoms. The molecule has 5 nitrogen and oxygen atoms in total. The second-order valence-electron chi connectivity index (χ2n) is 6.03. The standard InChI is InChI=1S/C18H20N2O3/c1-18(2,3)23-17(22)20-15-11-7-8-13(12-15)16(21)19-14-9-5-4-6-10-14/h4-12H,1-3H3,(H,19,21)(H,20,22). The van der Waals surface area contributed by atoms with E-state index in [9.17, 15) is 9.59 Å². The number of nitrogens with one attached hydrogen (secondary N) is 2. The highest BCUT2D eigenvalue weighted by Gasteiger charge is 2.16. The lowest BCUT2D eigenvalue weighted by atomic mass is 10.2. The van der Waals surface area contributed by atoms with Gasteiger partial charge in [0.25, 0.3) is 5.91 Å². The Morgan fingerprint density at radius 2 is 1.52 bits per heavy atom. The van der Waals surface area contributed by atoms with Gasteiger partial charge in [-0.25, -0.2) is 4.79 Å². The van der Waals surface area contributed by atoms with Crippen LogP contribution in [0.3, 0.4) is 0 Å².